The molecule has 2 aromatic rings. The summed E-state index contributed by atoms with van der Waals surface area (Å²) < 4.78 is 5.66. The van der Waals surface area contributed by atoms with E-state index < -0.39 is 0 Å². The molecule has 1 aromatic heterocycles. The van der Waals surface area contributed by atoms with Crippen molar-refractivity contribution in [3.8, 4) is 11.5 Å². The summed E-state index contributed by atoms with van der Waals surface area (Å²) in [7, 11) is 0. The molecule has 0 N–H and O–H groups in total. The van der Waals surface area contributed by atoms with Crippen molar-refractivity contribution in [1.29, 1.82) is 0 Å². The summed E-state index contributed by atoms with van der Waals surface area (Å²) in [5.41, 5.74) is 0.899. The van der Waals surface area contributed by atoms with E-state index in [2.05, 4.69) is 24.0 Å². The van der Waals surface area contributed by atoms with Crippen molar-refractivity contribution in [3.05, 3.63) is 36.2 Å². The molecule has 1 amide bonds. The van der Waals surface area contributed by atoms with Crippen LogP contribution in [0.5, 0.6) is 0 Å². The molecule has 23 heavy (non-hydrogen) atoms. The number of nitrogens with zero attached hydrogens (tertiary/aromatic N) is 3. The van der Waals surface area contributed by atoms with E-state index in [4.69, 9.17) is 4.42 Å². The van der Waals surface area contributed by atoms with Crippen LogP contribution >= 0.6 is 0 Å². The number of hydrogen-bond donors (Lipinski definition) is 0. The molecule has 3 rings (SSSR count). The van der Waals surface area contributed by atoms with Crippen molar-refractivity contribution < 1.29 is 9.21 Å². The summed E-state index contributed by atoms with van der Waals surface area (Å²) in [6.45, 7) is 6.14. The number of benzene rings is 1. The van der Waals surface area contributed by atoms with Crippen LogP contribution in [0.4, 0.5) is 0 Å². The van der Waals surface area contributed by atoms with Crippen LogP contribution in [0.25, 0.3) is 11.5 Å². The van der Waals surface area contributed by atoms with Gasteiger partial charge in [-0.2, -0.15) is 0 Å². The van der Waals surface area contributed by atoms with Gasteiger partial charge < -0.3 is 9.32 Å². The van der Waals surface area contributed by atoms with Gasteiger partial charge in [0.05, 0.1) is 0 Å². The Kier molecular flexibility index (Phi) is 4.74. The van der Waals surface area contributed by atoms with Crippen LogP contribution in [0, 0.1) is 11.8 Å². The van der Waals surface area contributed by atoms with Gasteiger partial charge in [0.15, 0.2) is 0 Å². The molecule has 0 radical (unpaired) electrons. The first-order valence-electron chi connectivity index (χ1n) is 8.27. The lowest BCUT2D eigenvalue weighted by Gasteiger charge is -2.35. The first-order valence-corrected chi connectivity index (χ1v) is 8.27. The SMILES string of the molecule is CC1CC(C)CN(C(=O)CCc2nnc(-c3ccccc3)o2)C1. The summed E-state index contributed by atoms with van der Waals surface area (Å²) in [5, 5.41) is 8.11. The summed E-state index contributed by atoms with van der Waals surface area (Å²) in [4.78, 5) is 14.4. The molecular weight excluding hydrogens is 290 g/mol. The second-order valence-electron chi connectivity index (χ2n) is 6.61. The first-order chi connectivity index (χ1) is 11.1. The van der Waals surface area contributed by atoms with E-state index >= 15 is 0 Å². The normalized spacial score (nSPS) is 21.4. The van der Waals surface area contributed by atoms with Gasteiger partial charge in [-0.15, -0.1) is 10.2 Å². The molecule has 1 fully saturated rings. The summed E-state index contributed by atoms with van der Waals surface area (Å²) in [5.74, 6) is 2.37. The third kappa shape index (κ3) is 3.97. The lowest BCUT2D eigenvalue weighted by Crippen LogP contribution is -2.42. The Bertz CT molecular complexity index is 643. The highest BCUT2D eigenvalue weighted by atomic mass is 16.4. The van der Waals surface area contributed by atoms with Gasteiger partial charge in [-0.05, 0) is 30.4 Å². The average Bonchev–Trinajstić information content (AvgIpc) is 3.01. The van der Waals surface area contributed by atoms with Crippen molar-refractivity contribution in [2.45, 2.75) is 33.1 Å². The molecule has 5 nitrogen and oxygen atoms in total. The fraction of sp³-hybridized carbons (Fsp3) is 0.500. The van der Waals surface area contributed by atoms with Crippen molar-refractivity contribution >= 4 is 5.91 Å². The lowest BCUT2D eigenvalue weighted by molar-refractivity contribution is -0.133. The molecule has 0 bridgehead atoms. The van der Waals surface area contributed by atoms with Crippen LogP contribution in [0.1, 0.15) is 32.6 Å². The molecule has 5 heteroatoms. The maximum absolute atomic E-state index is 12.4. The fourth-order valence-corrected chi connectivity index (χ4v) is 3.29. The zero-order valence-electron chi connectivity index (χ0n) is 13.7. The second kappa shape index (κ2) is 6.94. The molecule has 1 saturated heterocycles. The monoisotopic (exact) mass is 313 g/mol. The topological polar surface area (TPSA) is 59.2 Å². The minimum Gasteiger partial charge on any atom is -0.421 e. The van der Waals surface area contributed by atoms with E-state index in [-0.39, 0.29) is 5.91 Å². The summed E-state index contributed by atoms with van der Waals surface area (Å²) in [6.07, 6.45) is 2.13. The Morgan fingerprint density at radius 1 is 1.17 bits per heavy atom. The Morgan fingerprint density at radius 2 is 1.87 bits per heavy atom. The molecule has 1 aromatic carbocycles. The third-order valence-electron chi connectivity index (χ3n) is 4.26. The molecule has 2 unspecified atom stereocenters. The molecule has 1 aliphatic heterocycles. The Morgan fingerprint density at radius 3 is 2.57 bits per heavy atom. The largest absolute Gasteiger partial charge is 0.421 e. The molecule has 0 aliphatic carbocycles. The van der Waals surface area contributed by atoms with E-state index in [1.807, 2.05) is 35.2 Å². The predicted octanol–water partition coefficient (Wildman–Crippen LogP) is 3.17. The number of carbonyl (C=O) groups is 1. The smallest absolute Gasteiger partial charge is 0.247 e. The maximum atomic E-state index is 12.4. The van der Waals surface area contributed by atoms with Gasteiger partial charge in [0, 0.05) is 31.5 Å². The number of likely N-dealkylation sites (tertiary alicyclic amines) is 1. The number of aromatic nitrogens is 2. The van der Waals surface area contributed by atoms with E-state index in [9.17, 15) is 4.79 Å². The van der Waals surface area contributed by atoms with Crippen molar-refractivity contribution in [2.24, 2.45) is 11.8 Å². The van der Waals surface area contributed by atoms with Gasteiger partial charge in [-0.3, -0.25) is 4.79 Å². The quantitative estimate of drug-likeness (QED) is 0.870. The van der Waals surface area contributed by atoms with Gasteiger partial charge in [0.25, 0.3) is 0 Å². The summed E-state index contributed by atoms with van der Waals surface area (Å²) >= 11 is 0. The molecule has 0 spiro atoms. The van der Waals surface area contributed by atoms with Crippen LogP contribution in [0.15, 0.2) is 34.7 Å². The Labute approximate surface area is 136 Å². The molecule has 0 saturated carbocycles. The maximum Gasteiger partial charge on any atom is 0.247 e. The standard InChI is InChI=1S/C18H23N3O2/c1-13-10-14(2)12-21(11-13)17(22)9-8-16-19-20-18(23-16)15-6-4-3-5-7-15/h3-7,13-14H,8-12H2,1-2H3. The van der Waals surface area contributed by atoms with Crippen LogP contribution in [0.3, 0.4) is 0 Å². The Hall–Kier alpha value is -2.17. The number of amides is 1. The molecule has 2 atom stereocenters. The van der Waals surface area contributed by atoms with E-state index in [0.717, 1.165) is 18.7 Å². The number of aryl methyl sites for hydroxylation is 1. The molecule has 122 valence electrons. The minimum atomic E-state index is 0.183. The highest BCUT2D eigenvalue weighted by Gasteiger charge is 2.25. The molecular formula is C18H23N3O2. The Balaban J connectivity index is 1.56. The van der Waals surface area contributed by atoms with Crippen LogP contribution in [-0.4, -0.2) is 34.1 Å². The van der Waals surface area contributed by atoms with Gasteiger partial charge in [0.1, 0.15) is 0 Å². The molecule has 1 aliphatic rings. The average molecular weight is 313 g/mol. The van der Waals surface area contributed by atoms with Gasteiger partial charge in [0.2, 0.25) is 17.7 Å². The molecule has 2 heterocycles. The number of piperidine rings is 1. The van der Waals surface area contributed by atoms with E-state index in [0.29, 0.717) is 36.5 Å². The number of hydrogen-bond acceptors (Lipinski definition) is 4. The zero-order valence-corrected chi connectivity index (χ0v) is 13.7. The highest BCUT2D eigenvalue weighted by molar-refractivity contribution is 5.76. The van der Waals surface area contributed by atoms with Crippen LogP contribution < -0.4 is 0 Å². The van der Waals surface area contributed by atoms with Gasteiger partial charge in [-0.1, -0.05) is 32.0 Å². The lowest BCUT2D eigenvalue weighted by atomic mass is 9.91. The number of rotatable bonds is 4. The second-order valence-corrected chi connectivity index (χ2v) is 6.61. The van der Waals surface area contributed by atoms with E-state index in [1.165, 1.54) is 6.42 Å². The van der Waals surface area contributed by atoms with Crippen LogP contribution in [0.2, 0.25) is 0 Å². The number of carbonyl (C=O) groups excluding carboxylic acids is 1. The van der Waals surface area contributed by atoms with Crippen LogP contribution in [-0.2, 0) is 11.2 Å². The van der Waals surface area contributed by atoms with Crippen molar-refractivity contribution in [1.82, 2.24) is 15.1 Å². The van der Waals surface area contributed by atoms with Crippen molar-refractivity contribution in [3.63, 3.8) is 0 Å². The van der Waals surface area contributed by atoms with Crippen molar-refractivity contribution in [2.75, 3.05) is 13.1 Å². The van der Waals surface area contributed by atoms with Gasteiger partial charge >= 0.3 is 0 Å². The predicted molar refractivity (Wildman–Crippen MR) is 87.6 cm³/mol. The highest BCUT2D eigenvalue weighted by Crippen LogP contribution is 2.22. The first kappa shape index (κ1) is 15.7. The third-order valence-corrected chi connectivity index (χ3v) is 4.26. The fourth-order valence-electron chi connectivity index (χ4n) is 3.29. The minimum absolute atomic E-state index is 0.183. The van der Waals surface area contributed by atoms with E-state index in [1.54, 1.807) is 0 Å². The summed E-state index contributed by atoms with van der Waals surface area (Å²) in [6, 6.07) is 9.67. The van der Waals surface area contributed by atoms with Gasteiger partial charge in [-0.25, -0.2) is 0 Å². The zero-order chi connectivity index (χ0) is 16.2.